The predicted molar refractivity (Wildman–Crippen MR) is 73.7 cm³/mol. The second-order valence-corrected chi connectivity index (χ2v) is 5.32. The van der Waals surface area contributed by atoms with Crippen molar-refractivity contribution in [1.82, 2.24) is 10.2 Å². The van der Waals surface area contributed by atoms with Gasteiger partial charge in [-0.25, -0.2) is 0 Å². The molecule has 19 heavy (non-hydrogen) atoms. The number of rotatable bonds is 6. The molecule has 0 aliphatic carbocycles. The van der Waals surface area contributed by atoms with Gasteiger partial charge in [-0.2, -0.15) is 0 Å². The van der Waals surface area contributed by atoms with Gasteiger partial charge in [-0.3, -0.25) is 9.59 Å². The summed E-state index contributed by atoms with van der Waals surface area (Å²) < 4.78 is 5.08. The summed E-state index contributed by atoms with van der Waals surface area (Å²) in [5, 5.41) is 2.96. The van der Waals surface area contributed by atoms with Gasteiger partial charge in [0.15, 0.2) is 0 Å². The highest BCUT2D eigenvalue weighted by atomic mass is 16.5. The Kier molecular flexibility index (Phi) is 4.96. The Labute approximate surface area is 115 Å². The summed E-state index contributed by atoms with van der Waals surface area (Å²) in [7, 11) is 1.60. The first-order valence-corrected chi connectivity index (χ1v) is 7.05. The van der Waals surface area contributed by atoms with Crippen LogP contribution in [0.25, 0.3) is 0 Å². The van der Waals surface area contributed by atoms with E-state index in [4.69, 9.17) is 4.74 Å². The molecule has 1 fully saturated rings. The molecule has 1 atom stereocenters. The van der Waals surface area contributed by atoms with E-state index in [0.29, 0.717) is 32.4 Å². The van der Waals surface area contributed by atoms with E-state index in [9.17, 15) is 9.59 Å². The molecule has 1 unspecified atom stereocenters. The predicted octanol–water partition coefficient (Wildman–Crippen LogP) is 1.32. The van der Waals surface area contributed by atoms with Gasteiger partial charge in [-0.05, 0) is 26.2 Å². The van der Waals surface area contributed by atoms with Gasteiger partial charge < -0.3 is 15.0 Å². The average molecular weight is 270 g/mol. The van der Waals surface area contributed by atoms with Gasteiger partial charge in [0.2, 0.25) is 11.8 Å². The van der Waals surface area contributed by atoms with Crippen LogP contribution in [0.3, 0.4) is 0 Å². The fraction of sp³-hybridized carbons (Fsp3) is 0.857. The molecule has 1 heterocycles. The van der Waals surface area contributed by atoms with Crippen LogP contribution < -0.4 is 5.32 Å². The van der Waals surface area contributed by atoms with Gasteiger partial charge in [0, 0.05) is 13.7 Å². The third-order valence-corrected chi connectivity index (χ3v) is 4.51. The van der Waals surface area contributed by atoms with Crippen molar-refractivity contribution < 1.29 is 14.3 Å². The van der Waals surface area contributed by atoms with E-state index < -0.39 is 11.1 Å². The molecule has 1 aliphatic rings. The molecular formula is C14H26N2O3. The van der Waals surface area contributed by atoms with Gasteiger partial charge in [-0.1, -0.05) is 20.8 Å². The summed E-state index contributed by atoms with van der Waals surface area (Å²) in [6.45, 7) is 8.52. The molecule has 2 amide bonds. The Bertz CT molecular complexity index is 353. The van der Waals surface area contributed by atoms with E-state index in [1.807, 2.05) is 27.7 Å². The van der Waals surface area contributed by atoms with Crippen LogP contribution in [0.2, 0.25) is 0 Å². The lowest BCUT2D eigenvalue weighted by molar-refractivity contribution is -0.163. The second-order valence-electron chi connectivity index (χ2n) is 5.32. The van der Waals surface area contributed by atoms with Gasteiger partial charge in [0.25, 0.3) is 0 Å². The molecule has 5 heteroatoms. The topological polar surface area (TPSA) is 58.6 Å². The summed E-state index contributed by atoms with van der Waals surface area (Å²) in [6, 6.07) is 0. The van der Waals surface area contributed by atoms with E-state index in [1.165, 1.54) is 0 Å². The molecule has 0 saturated carbocycles. The van der Waals surface area contributed by atoms with E-state index in [2.05, 4.69) is 5.32 Å². The number of hydrogen-bond acceptors (Lipinski definition) is 3. The van der Waals surface area contributed by atoms with E-state index >= 15 is 0 Å². The second kappa shape index (κ2) is 5.90. The zero-order valence-corrected chi connectivity index (χ0v) is 12.7. The normalized spacial score (nSPS) is 26.5. The van der Waals surface area contributed by atoms with Gasteiger partial charge in [-0.15, -0.1) is 0 Å². The maximum absolute atomic E-state index is 12.8. The van der Waals surface area contributed by atoms with Crippen LogP contribution in [0.4, 0.5) is 0 Å². The number of nitrogens with one attached hydrogen (secondary N) is 1. The summed E-state index contributed by atoms with van der Waals surface area (Å²) >= 11 is 0. The molecule has 1 N–H and O–H groups in total. The number of hydrogen-bond donors (Lipinski definition) is 1. The monoisotopic (exact) mass is 270 g/mol. The summed E-state index contributed by atoms with van der Waals surface area (Å²) in [6.07, 6.45) is 1.81. The largest absolute Gasteiger partial charge is 0.383 e. The van der Waals surface area contributed by atoms with E-state index in [-0.39, 0.29) is 11.8 Å². The highest BCUT2D eigenvalue weighted by Gasteiger charge is 2.53. The van der Waals surface area contributed by atoms with E-state index in [1.54, 1.807) is 12.0 Å². The number of amides is 2. The van der Waals surface area contributed by atoms with Crippen molar-refractivity contribution >= 4 is 11.8 Å². The van der Waals surface area contributed by atoms with Crippen LogP contribution in [-0.2, 0) is 14.3 Å². The molecular weight excluding hydrogens is 244 g/mol. The Hall–Kier alpha value is -1.10. The Morgan fingerprint density at radius 3 is 2.16 bits per heavy atom. The first-order chi connectivity index (χ1) is 8.91. The minimum absolute atomic E-state index is 0.0125. The number of carbonyl (C=O) groups excluding carboxylic acids is 2. The number of piperazine rings is 1. The zero-order valence-electron chi connectivity index (χ0n) is 12.7. The van der Waals surface area contributed by atoms with Crippen molar-refractivity contribution in [2.24, 2.45) is 0 Å². The van der Waals surface area contributed by atoms with E-state index in [0.717, 1.165) is 0 Å². The SMILES string of the molecule is CCC1(CC)NC(=O)C(C)(CC)N(CCOC)C1=O. The highest BCUT2D eigenvalue weighted by molar-refractivity contribution is 6.02. The molecule has 1 saturated heterocycles. The third-order valence-electron chi connectivity index (χ3n) is 4.51. The molecule has 1 aliphatic heterocycles. The zero-order chi connectivity index (χ0) is 14.7. The van der Waals surface area contributed by atoms with Crippen LogP contribution in [0.15, 0.2) is 0 Å². The molecule has 110 valence electrons. The summed E-state index contributed by atoms with van der Waals surface area (Å²) in [4.78, 5) is 26.9. The third kappa shape index (κ3) is 2.48. The lowest BCUT2D eigenvalue weighted by atomic mass is 9.81. The van der Waals surface area contributed by atoms with Crippen molar-refractivity contribution in [3.8, 4) is 0 Å². The van der Waals surface area contributed by atoms with Gasteiger partial charge >= 0.3 is 0 Å². The first kappa shape index (κ1) is 16.0. The fourth-order valence-corrected chi connectivity index (χ4v) is 2.62. The van der Waals surface area contributed by atoms with Crippen LogP contribution in [0, 0.1) is 0 Å². The number of methoxy groups -OCH3 is 1. The van der Waals surface area contributed by atoms with Crippen molar-refractivity contribution in [3.63, 3.8) is 0 Å². The molecule has 0 bridgehead atoms. The lowest BCUT2D eigenvalue weighted by Gasteiger charge is -2.50. The Morgan fingerprint density at radius 1 is 1.16 bits per heavy atom. The van der Waals surface area contributed by atoms with Crippen LogP contribution in [0.1, 0.15) is 47.0 Å². The van der Waals surface area contributed by atoms with Crippen molar-refractivity contribution in [3.05, 3.63) is 0 Å². The molecule has 0 radical (unpaired) electrons. The molecule has 5 nitrogen and oxygen atoms in total. The number of nitrogens with zero attached hydrogens (tertiary/aromatic N) is 1. The van der Waals surface area contributed by atoms with Crippen molar-refractivity contribution in [2.75, 3.05) is 20.3 Å². The molecule has 0 aromatic carbocycles. The maximum Gasteiger partial charge on any atom is 0.249 e. The fourth-order valence-electron chi connectivity index (χ4n) is 2.62. The van der Waals surface area contributed by atoms with Gasteiger partial charge in [0.1, 0.15) is 11.1 Å². The van der Waals surface area contributed by atoms with Crippen molar-refractivity contribution in [2.45, 2.75) is 58.0 Å². The highest BCUT2D eigenvalue weighted by Crippen LogP contribution is 2.32. The maximum atomic E-state index is 12.8. The van der Waals surface area contributed by atoms with Gasteiger partial charge in [0.05, 0.1) is 6.61 Å². The molecule has 1 rings (SSSR count). The Morgan fingerprint density at radius 2 is 1.74 bits per heavy atom. The summed E-state index contributed by atoms with van der Waals surface area (Å²) in [5.41, 5.74) is -1.52. The number of ether oxygens (including phenoxy) is 1. The Balaban J connectivity index is 3.15. The van der Waals surface area contributed by atoms with Crippen LogP contribution >= 0.6 is 0 Å². The quantitative estimate of drug-likeness (QED) is 0.792. The number of carbonyl (C=O) groups is 2. The average Bonchev–Trinajstić information content (AvgIpc) is 2.43. The van der Waals surface area contributed by atoms with Crippen LogP contribution in [-0.4, -0.2) is 48.1 Å². The van der Waals surface area contributed by atoms with Crippen LogP contribution in [0.5, 0.6) is 0 Å². The smallest absolute Gasteiger partial charge is 0.249 e. The summed E-state index contributed by atoms with van der Waals surface area (Å²) in [5.74, 6) is -0.0482. The first-order valence-electron chi connectivity index (χ1n) is 7.05. The van der Waals surface area contributed by atoms with Crippen molar-refractivity contribution in [1.29, 1.82) is 0 Å². The standard InChI is InChI=1S/C14H26N2O3/c1-6-13(4)11(17)15-14(7-2,8-3)12(18)16(13)9-10-19-5/h6-10H2,1-5H3,(H,15,17). The molecule has 0 aromatic rings. The molecule has 0 spiro atoms. The minimum atomic E-state index is -0.774. The molecule has 0 aromatic heterocycles. The lowest BCUT2D eigenvalue weighted by Crippen LogP contribution is -2.74. The minimum Gasteiger partial charge on any atom is -0.383 e.